The minimum absolute atomic E-state index is 0.0455. The zero-order valence-electron chi connectivity index (χ0n) is 12.3. The first-order valence-corrected chi connectivity index (χ1v) is 7.60. The Morgan fingerprint density at radius 3 is 2.75 bits per heavy atom. The van der Waals surface area contributed by atoms with Crippen molar-refractivity contribution in [3.63, 3.8) is 0 Å². The van der Waals surface area contributed by atoms with Crippen molar-refractivity contribution in [1.82, 2.24) is 15.5 Å². The number of hydrogen-bond donors (Lipinski definition) is 2. The van der Waals surface area contributed by atoms with Gasteiger partial charge in [-0.25, -0.2) is 4.79 Å². The summed E-state index contributed by atoms with van der Waals surface area (Å²) in [6.07, 6.45) is 3.11. The lowest BCUT2D eigenvalue weighted by atomic mass is 10.00. The van der Waals surface area contributed by atoms with Gasteiger partial charge in [0.25, 0.3) is 0 Å². The van der Waals surface area contributed by atoms with E-state index in [1.165, 1.54) is 11.1 Å². The topological polar surface area (TPSA) is 44.4 Å². The van der Waals surface area contributed by atoms with Crippen LogP contribution >= 0.6 is 0 Å². The molecule has 1 aromatic carbocycles. The Kier molecular flexibility index (Phi) is 5.87. The van der Waals surface area contributed by atoms with Crippen molar-refractivity contribution in [2.75, 3.05) is 26.2 Å². The van der Waals surface area contributed by atoms with E-state index in [1.54, 1.807) is 0 Å². The summed E-state index contributed by atoms with van der Waals surface area (Å²) in [6.45, 7) is 6.75. The van der Waals surface area contributed by atoms with Crippen LogP contribution in [0.2, 0.25) is 0 Å². The van der Waals surface area contributed by atoms with Gasteiger partial charge in [-0.1, -0.05) is 31.2 Å². The summed E-state index contributed by atoms with van der Waals surface area (Å²) in [6, 6.07) is 8.63. The van der Waals surface area contributed by atoms with E-state index < -0.39 is 0 Å². The molecular formula is C16H25N3O. The number of fused-ring (bicyclic) bond motifs is 1. The molecule has 1 heterocycles. The van der Waals surface area contributed by atoms with Gasteiger partial charge in [-0.3, -0.25) is 4.90 Å². The number of carbonyl (C=O) groups is 1. The van der Waals surface area contributed by atoms with Gasteiger partial charge in [0.1, 0.15) is 0 Å². The summed E-state index contributed by atoms with van der Waals surface area (Å²) in [5.74, 6) is 0. The first kappa shape index (κ1) is 14.9. The highest BCUT2D eigenvalue weighted by Gasteiger charge is 2.14. The third kappa shape index (κ3) is 4.53. The standard InChI is InChI=1S/C16H25N3O/c1-2-9-17-16(20)18-10-5-11-19-12-8-14-6-3-4-7-15(14)13-19/h3-4,6-7H,2,5,8-13H2,1H3,(H2,17,18,20). The molecule has 0 spiro atoms. The predicted octanol–water partition coefficient (Wildman–Crippen LogP) is 2.14. The molecular weight excluding hydrogens is 250 g/mol. The maximum Gasteiger partial charge on any atom is 0.314 e. The lowest BCUT2D eigenvalue weighted by molar-refractivity contribution is 0.235. The summed E-state index contributed by atoms with van der Waals surface area (Å²) in [7, 11) is 0. The normalized spacial score (nSPS) is 14.7. The molecule has 0 unspecified atom stereocenters. The molecule has 0 atom stereocenters. The highest BCUT2D eigenvalue weighted by atomic mass is 16.2. The summed E-state index contributed by atoms with van der Waals surface area (Å²) >= 11 is 0. The lowest BCUT2D eigenvalue weighted by Crippen LogP contribution is -2.38. The Bertz CT molecular complexity index is 433. The molecule has 4 heteroatoms. The number of carbonyl (C=O) groups excluding carboxylic acids is 1. The molecule has 0 aliphatic carbocycles. The van der Waals surface area contributed by atoms with Crippen LogP contribution in [0.3, 0.4) is 0 Å². The van der Waals surface area contributed by atoms with E-state index in [9.17, 15) is 4.79 Å². The van der Waals surface area contributed by atoms with Gasteiger partial charge in [-0.15, -0.1) is 0 Å². The van der Waals surface area contributed by atoms with E-state index in [0.717, 1.165) is 52.0 Å². The second-order valence-electron chi connectivity index (χ2n) is 5.33. The van der Waals surface area contributed by atoms with Gasteiger partial charge >= 0.3 is 6.03 Å². The highest BCUT2D eigenvalue weighted by Crippen LogP contribution is 2.18. The summed E-state index contributed by atoms with van der Waals surface area (Å²) < 4.78 is 0. The largest absolute Gasteiger partial charge is 0.338 e. The van der Waals surface area contributed by atoms with E-state index in [1.807, 2.05) is 0 Å². The van der Waals surface area contributed by atoms with Crippen LogP contribution in [0.15, 0.2) is 24.3 Å². The van der Waals surface area contributed by atoms with Crippen LogP contribution in [0, 0.1) is 0 Å². The Morgan fingerprint density at radius 1 is 1.20 bits per heavy atom. The number of nitrogens with zero attached hydrogens (tertiary/aromatic N) is 1. The van der Waals surface area contributed by atoms with Gasteiger partial charge in [0, 0.05) is 32.7 Å². The molecule has 0 bridgehead atoms. The Hall–Kier alpha value is -1.55. The molecule has 0 radical (unpaired) electrons. The molecule has 1 aliphatic rings. The van der Waals surface area contributed by atoms with Crippen LogP contribution in [-0.4, -0.2) is 37.1 Å². The van der Waals surface area contributed by atoms with Crippen LogP contribution in [0.1, 0.15) is 30.9 Å². The average molecular weight is 275 g/mol. The van der Waals surface area contributed by atoms with Crippen molar-refractivity contribution in [1.29, 1.82) is 0 Å². The fourth-order valence-corrected chi connectivity index (χ4v) is 2.55. The zero-order valence-corrected chi connectivity index (χ0v) is 12.3. The molecule has 1 aromatic rings. The summed E-state index contributed by atoms with van der Waals surface area (Å²) in [4.78, 5) is 13.8. The molecule has 0 saturated carbocycles. The number of amides is 2. The fraction of sp³-hybridized carbons (Fsp3) is 0.562. The molecule has 2 rings (SSSR count). The van der Waals surface area contributed by atoms with Crippen LogP contribution in [0.5, 0.6) is 0 Å². The summed E-state index contributed by atoms with van der Waals surface area (Å²) in [5, 5.41) is 5.72. The Labute approximate surface area is 121 Å². The third-order valence-corrected chi connectivity index (χ3v) is 3.68. The first-order valence-electron chi connectivity index (χ1n) is 7.60. The molecule has 4 nitrogen and oxygen atoms in total. The number of benzene rings is 1. The second-order valence-corrected chi connectivity index (χ2v) is 5.33. The van der Waals surface area contributed by atoms with E-state index in [4.69, 9.17) is 0 Å². The fourth-order valence-electron chi connectivity index (χ4n) is 2.55. The predicted molar refractivity (Wildman–Crippen MR) is 81.7 cm³/mol. The smallest absolute Gasteiger partial charge is 0.314 e. The van der Waals surface area contributed by atoms with Crippen LogP contribution < -0.4 is 10.6 Å². The number of rotatable bonds is 6. The number of hydrogen-bond acceptors (Lipinski definition) is 2. The molecule has 0 aromatic heterocycles. The highest BCUT2D eigenvalue weighted by molar-refractivity contribution is 5.73. The van der Waals surface area contributed by atoms with Gasteiger partial charge in [0.15, 0.2) is 0 Å². The van der Waals surface area contributed by atoms with E-state index in [2.05, 4.69) is 46.7 Å². The molecule has 110 valence electrons. The Morgan fingerprint density at radius 2 is 1.95 bits per heavy atom. The van der Waals surface area contributed by atoms with Crippen molar-refractivity contribution in [2.45, 2.75) is 32.7 Å². The SMILES string of the molecule is CCCNC(=O)NCCCN1CCc2ccccc2C1. The van der Waals surface area contributed by atoms with Crippen LogP contribution in [0.4, 0.5) is 4.79 Å². The van der Waals surface area contributed by atoms with Crippen molar-refractivity contribution in [2.24, 2.45) is 0 Å². The van der Waals surface area contributed by atoms with Crippen LogP contribution in [-0.2, 0) is 13.0 Å². The quantitative estimate of drug-likeness (QED) is 0.781. The van der Waals surface area contributed by atoms with Gasteiger partial charge in [-0.2, -0.15) is 0 Å². The molecule has 2 N–H and O–H groups in total. The number of nitrogens with one attached hydrogen (secondary N) is 2. The van der Waals surface area contributed by atoms with Gasteiger partial charge < -0.3 is 10.6 Å². The maximum absolute atomic E-state index is 11.4. The number of urea groups is 1. The van der Waals surface area contributed by atoms with Crippen molar-refractivity contribution < 1.29 is 4.79 Å². The monoisotopic (exact) mass is 275 g/mol. The third-order valence-electron chi connectivity index (χ3n) is 3.68. The molecule has 0 fully saturated rings. The van der Waals surface area contributed by atoms with E-state index >= 15 is 0 Å². The van der Waals surface area contributed by atoms with Crippen molar-refractivity contribution >= 4 is 6.03 Å². The Balaban J connectivity index is 1.63. The van der Waals surface area contributed by atoms with Gasteiger partial charge in [0.2, 0.25) is 0 Å². The van der Waals surface area contributed by atoms with E-state index in [-0.39, 0.29) is 6.03 Å². The molecule has 0 saturated heterocycles. The second kappa shape index (κ2) is 7.90. The molecule has 2 amide bonds. The average Bonchev–Trinajstić information content (AvgIpc) is 2.49. The first-order chi connectivity index (χ1) is 9.79. The molecule has 20 heavy (non-hydrogen) atoms. The maximum atomic E-state index is 11.4. The lowest BCUT2D eigenvalue weighted by Gasteiger charge is -2.28. The van der Waals surface area contributed by atoms with Gasteiger partial charge in [0.05, 0.1) is 0 Å². The molecule has 1 aliphatic heterocycles. The van der Waals surface area contributed by atoms with Crippen molar-refractivity contribution in [3.05, 3.63) is 35.4 Å². The van der Waals surface area contributed by atoms with E-state index in [0.29, 0.717) is 0 Å². The van der Waals surface area contributed by atoms with Gasteiger partial charge in [-0.05, 0) is 30.4 Å². The summed E-state index contributed by atoms with van der Waals surface area (Å²) in [5.41, 5.74) is 2.94. The minimum atomic E-state index is -0.0455. The minimum Gasteiger partial charge on any atom is -0.338 e. The van der Waals surface area contributed by atoms with Crippen molar-refractivity contribution in [3.8, 4) is 0 Å². The zero-order chi connectivity index (χ0) is 14.2. The van der Waals surface area contributed by atoms with Crippen LogP contribution in [0.25, 0.3) is 0 Å².